The summed E-state index contributed by atoms with van der Waals surface area (Å²) in [6.07, 6.45) is 0. The number of nitrogens with zero attached hydrogens (tertiary/aromatic N) is 1. The molecule has 0 bridgehead atoms. The van der Waals surface area contributed by atoms with Gasteiger partial charge >= 0.3 is 37.7 Å². The standard InChI is InChI=1S/C17H23NSi.2Li/c1-12-13(2)15(4)17(14(12)3)19(5,6)18-16-10-8-7-9-11-16;;/h7-11H,1-6H3;;/q-2;2*+1. The molecule has 1 nitrogen and oxygen atoms in total. The first-order valence-electron chi connectivity index (χ1n) is 6.86. The maximum Gasteiger partial charge on any atom is 1.00 e. The van der Waals surface area contributed by atoms with Gasteiger partial charge in [0, 0.05) is 0 Å². The third-order valence-electron chi connectivity index (χ3n) is 4.21. The Labute approximate surface area is 154 Å². The molecule has 0 radical (unpaired) electrons. The number of hydrogen-bond donors (Lipinski definition) is 0. The van der Waals surface area contributed by atoms with Gasteiger partial charge in [-0.15, -0.1) is 5.69 Å². The molecule has 2 aromatic carbocycles. The van der Waals surface area contributed by atoms with Crippen LogP contribution in [0, 0.1) is 27.7 Å². The molecular weight excluding hydrogens is 260 g/mol. The minimum Gasteiger partial charge on any atom is -0.692 e. The second kappa shape index (κ2) is 7.87. The minimum absolute atomic E-state index is 0. The number of benzene rings is 1. The van der Waals surface area contributed by atoms with Crippen LogP contribution in [-0.2, 0) is 0 Å². The molecule has 0 saturated carbocycles. The summed E-state index contributed by atoms with van der Waals surface area (Å²) in [5, 5.41) is 1.52. The van der Waals surface area contributed by atoms with E-state index in [2.05, 4.69) is 65.1 Å². The molecule has 0 amide bonds. The van der Waals surface area contributed by atoms with E-state index in [0.29, 0.717) is 0 Å². The van der Waals surface area contributed by atoms with Crippen molar-refractivity contribution in [1.29, 1.82) is 0 Å². The van der Waals surface area contributed by atoms with Gasteiger partial charge in [-0.25, -0.2) is 0 Å². The van der Waals surface area contributed by atoms with E-state index >= 15 is 0 Å². The number of hydrogen-bond acceptors (Lipinski definition) is 0. The first kappa shape index (κ1) is 20.8. The third kappa shape index (κ3) is 4.16. The van der Waals surface area contributed by atoms with E-state index in [-0.39, 0.29) is 37.7 Å². The molecular formula is C17H23Li2NSi. The van der Waals surface area contributed by atoms with E-state index < -0.39 is 8.24 Å². The normalized spacial score (nSPS) is 10.6. The topological polar surface area (TPSA) is 14.1 Å². The second-order valence-corrected chi connectivity index (χ2v) is 9.72. The summed E-state index contributed by atoms with van der Waals surface area (Å²) in [5.74, 6) is 0. The zero-order chi connectivity index (χ0) is 14.2. The Morgan fingerprint density at radius 2 is 1.24 bits per heavy atom. The smallest absolute Gasteiger partial charge is 0.692 e. The number of rotatable bonds is 3. The molecule has 0 aromatic heterocycles. The van der Waals surface area contributed by atoms with Gasteiger partial charge in [0.05, 0.1) is 0 Å². The van der Waals surface area contributed by atoms with Crippen LogP contribution < -0.4 is 42.9 Å². The summed E-state index contributed by atoms with van der Waals surface area (Å²) in [6.45, 7) is 13.6. The zero-order valence-electron chi connectivity index (χ0n) is 14.8. The average molecular weight is 283 g/mol. The van der Waals surface area contributed by atoms with Gasteiger partial charge in [0.1, 0.15) is 0 Å². The van der Waals surface area contributed by atoms with Crippen molar-refractivity contribution in [2.45, 2.75) is 40.8 Å². The third-order valence-corrected chi connectivity index (χ3v) is 7.00. The molecule has 0 spiro atoms. The van der Waals surface area contributed by atoms with Crippen LogP contribution in [0.2, 0.25) is 13.1 Å². The zero-order valence-corrected chi connectivity index (χ0v) is 15.8. The maximum absolute atomic E-state index is 5.08. The SMILES string of the molecule is Cc1c(C)c(C)[c-]([Si](C)(C)[N-]c2ccccc2)c1C.[Li+].[Li+]. The molecule has 0 N–H and O–H groups in total. The van der Waals surface area contributed by atoms with Gasteiger partial charge in [0.25, 0.3) is 0 Å². The first-order chi connectivity index (χ1) is 8.84. The summed E-state index contributed by atoms with van der Waals surface area (Å²) < 4.78 is 0. The van der Waals surface area contributed by atoms with Crippen molar-refractivity contribution in [2.75, 3.05) is 0 Å². The predicted octanol–water partition coefficient (Wildman–Crippen LogP) is -1.24. The van der Waals surface area contributed by atoms with Gasteiger partial charge in [0.2, 0.25) is 0 Å². The van der Waals surface area contributed by atoms with Gasteiger partial charge in [-0.1, -0.05) is 79.4 Å². The van der Waals surface area contributed by atoms with E-state index in [0.717, 1.165) is 5.69 Å². The molecule has 21 heavy (non-hydrogen) atoms. The first-order valence-corrected chi connectivity index (χ1v) is 9.81. The summed E-state index contributed by atoms with van der Waals surface area (Å²) in [7, 11) is -1.79. The average Bonchev–Trinajstić information content (AvgIpc) is 2.55. The fraction of sp³-hybridized carbons (Fsp3) is 0.353. The molecule has 0 atom stereocenters. The van der Waals surface area contributed by atoms with Crippen molar-refractivity contribution in [1.82, 2.24) is 0 Å². The van der Waals surface area contributed by atoms with E-state index in [1.807, 2.05) is 6.07 Å². The molecule has 0 aliphatic heterocycles. The molecule has 0 fully saturated rings. The largest absolute Gasteiger partial charge is 1.00 e. The molecule has 0 heterocycles. The summed E-state index contributed by atoms with van der Waals surface area (Å²) in [5.41, 5.74) is 6.89. The van der Waals surface area contributed by atoms with Gasteiger partial charge in [-0.3, -0.25) is 0 Å². The van der Waals surface area contributed by atoms with Crippen molar-refractivity contribution >= 4 is 19.1 Å². The molecule has 0 saturated heterocycles. The van der Waals surface area contributed by atoms with Gasteiger partial charge < -0.3 is 4.98 Å². The Hall–Kier alpha value is -0.218. The predicted molar refractivity (Wildman–Crippen MR) is 87.6 cm³/mol. The Morgan fingerprint density at radius 1 is 0.810 bits per heavy atom. The summed E-state index contributed by atoms with van der Waals surface area (Å²) in [6, 6.07) is 10.4. The summed E-state index contributed by atoms with van der Waals surface area (Å²) in [4.78, 5) is 5.08. The Bertz CT molecular complexity index is 563. The minimum atomic E-state index is -1.79. The second-order valence-electron chi connectivity index (χ2n) is 5.88. The van der Waals surface area contributed by atoms with E-state index in [9.17, 15) is 0 Å². The van der Waals surface area contributed by atoms with E-state index in [1.165, 1.54) is 27.4 Å². The van der Waals surface area contributed by atoms with Crippen LogP contribution in [0.1, 0.15) is 22.3 Å². The fourth-order valence-corrected chi connectivity index (χ4v) is 6.13. The molecule has 4 heteroatoms. The molecule has 2 rings (SSSR count). The van der Waals surface area contributed by atoms with Crippen molar-refractivity contribution in [3.63, 3.8) is 0 Å². The molecule has 0 aliphatic rings. The maximum atomic E-state index is 5.08. The molecule has 2 aromatic rings. The van der Waals surface area contributed by atoms with Crippen LogP contribution in [-0.4, -0.2) is 8.24 Å². The quantitative estimate of drug-likeness (QED) is 0.494. The van der Waals surface area contributed by atoms with Crippen molar-refractivity contribution in [3.05, 3.63) is 57.6 Å². The monoisotopic (exact) mass is 283 g/mol. The van der Waals surface area contributed by atoms with Crippen LogP contribution in [0.4, 0.5) is 5.69 Å². The van der Waals surface area contributed by atoms with Crippen LogP contribution in [0.15, 0.2) is 30.3 Å². The molecule has 0 unspecified atom stereocenters. The Kier molecular flexibility index (Phi) is 7.79. The van der Waals surface area contributed by atoms with Crippen molar-refractivity contribution < 1.29 is 37.7 Å². The van der Waals surface area contributed by atoms with Crippen LogP contribution >= 0.6 is 0 Å². The van der Waals surface area contributed by atoms with Gasteiger partial charge in [-0.2, -0.15) is 27.4 Å². The van der Waals surface area contributed by atoms with Gasteiger partial charge in [-0.05, 0) is 0 Å². The van der Waals surface area contributed by atoms with Crippen LogP contribution in [0.5, 0.6) is 0 Å². The van der Waals surface area contributed by atoms with Crippen molar-refractivity contribution in [3.8, 4) is 0 Å². The van der Waals surface area contributed by atoms with Crippen LogP contribution in [0.3, 0.4) is 0 Å². The van der Waals surface area contributed by atoms with Crippen molar-refractivity contribution in [2.24, 2.45) is 0 Å². The fourth-order valence-electron chi connectivity index (χ4n) is 3.02. The Morgan fingerprint density at radius 3 is 1.67 bits per heavy atom. The van der Waals surface area contributed by atoms with Gasteiger partial charge in [0.15, 0.2) is 0 Å². The Balaban J connectivity index is 0.00000200. The van der Waals surface area contributed by atoms with Crippen LogP contribution in [0.25, 0.3) is 4.98 Å². The molecule has 0 aliphatic carbocycles. The summed E-state index contributed by atoms with van der Waals surface area (Å²) >= 11 is 0. The van der Waals surface area contributed by atoms with E-state index in [4.69, 9.17) is 4.98 Å². The van der Waals surface area contributed by atoms with E-state index in [1.54, 1.807) is 0 Å². The molecule has 102 valence electrons.